The van der Waals surface area contributed by atoms with Gasteiger partial charge < -0.3 is 0 Å². The van der Waals surface area contributed by atoms with Crippen molar-refractivity contribution in [3.63, 3.8) is 0 Å². The molecule has 0 nitrogen and oxygen atoms in total. The summed E-state index contributed by atoms with van der Waals surface area (Å²) in [5.74, 6) is 0. The van der Waals surface area contributed by atoms with E-state index in [9.17, 15) is 0 Å². The first-order chi connectivity index (χ1) is 5.71. The van der Waals surface area contributed by atoms with E-state index in [2.05, 4.69) is 31.9 Å². The molecule has 0 aromatic carbocycles. The van der Waals surface area contributed by atoms with Crippen molar-refractivity contribution in [1.29, 1.82) is 0 Å². The summed E-state index contributed by atoms with van der Waals surface area (Å²) in [7, 11) is 0. The molecule has 2 heteroatoms. The highest BCUT2D eigenvalue weighted by Crippen LogP contribution is 2.40. The zero-order valence-corrected chi connectivity index (χ0v) is 8.26. The van der Waals surface area contributed by atoms with Crippen LogP contribution in [0.3, 0.4) is 0 Å². The third-order valence-electron chi connectivity index (χ3n) is 1.82. The Bertz CT molecular complexity index is 172. The van der Waals surface area contributed by atoms with Crippen LogP contribution in [0.2, 0.25) is 0 Å². The van der Waals surface area contributed by atoms with E-state index in [1.54, 1.807) is 0 Å². The number of alkyl halides is 2. The molecule has 0 radical (unpaired) electrons. The van der Waals surface area contributed by atoms with E-state index in [4.69, 9.17) is 5.48 Å². The maximum atomic E-state index is 7.65. The average molecular weight is 260 g/mol. The molecule has 0 saturated heterocycles. The predicted molar refractivity (Wildman–Crippen MR) is 48.5 cm³/mol. The molecule has 0 unspecified atom stereocenters. The Morgan fingerprint density at radius 2 is 1.67 bits per heavy atom. The van der Waals surface area contributed by atoms with Gasteiger partial charge in [0.25, 0.3) is 0 Å². The molecule has 0 amide bonds. The van der Waals surface area contributed by atoms with Crippen LogP contribution < -0.4 is 0 Å². The van der Waals surface area contributed by atoms with Crippen LogP contribution in [0.5, 0.6) is 0 Å². The quantitative estimate of drug-likeness (QED) is 0.668. The Morgan fingerprint density at radius 3 is 1.89 bits per heavy atom. The van der Waals surface area contributed by atoms with Gasteiger partial charge in [-0.15, -0.1) is 0 Å². The molecule has 0 aromatic rings. The van der Waals surface area contributed by atoms with Gasteiger partial charge in [-0.05, 0) is 18.3 Å². The van der Waals surface area contributed by atoms with Gasteiger partial charge in [-0.1, -0.05) is 44.7 Å². The third kappa shape index (κ3) is 1.70. The smallest absolute Gasteiger partial charge is 0.0393 e. The molecule has 0 heterocycles. The lowest BCUT2D eigenvalue weighted by atomic mass is 9.92. The standard InChI is InChI=1S/C7H12Br2/c8-5-7(6-9)3-1-2-4-7/h1-6H2/i5D2,6D2. The highest BCUT2D eigenvalue weighted by atomic mass is 79.9. The van der Waals surface area contributed by atoms with Crippen LogP contribution >= 0.6 is 31.9 Å². The summed E-state index contributed by atoms with van der Waals surface area (Å²) in [6.45, 7) is 0. The van der Waals surface area contributed by atoms with Crippen LogP contribution in [0.1, 0.15) is 31.2 Å². The van der Waals surface area contributed by atoms with E-state index in [-0.39, 0.29) is 0 Å². The number of halogens is 2. The Morgan fingerprint density at radius 1 is 1.22 bits per heavy atom. The first-order valence-corrected chi connectivity index (χ1v) is 4.67. The maximum Gasteiger partial charge on any atom is 0.0393 e. The van der Waals surface area contributed by atoms with Crippen molar-refractivity contribution >= 4 is 31.9 Å². The van der Waals surface area contributed by atoms with Crippen molar-refractivity contribution in [3.05, 3.63) is 0 Å². The SMILES string of the molecule is [2H]C([2H])(Br)C1(C([2H])([2H])Br)CCCC1. The van der Waals surface area contributed by atoms with Gasteiger partial charge in [0.2, 0.25) is 0 Å². The Hall–Kier alpha value is 0.960. The maximum absolute atomic E-state index is 7.65. The molecule has 0 bridgehead atoms. The molecule has 0 spiro atoms. The summed E-state index contributed by atoms with van der Waals surface area (Å²) in [5, 5.41) is -3.30. The Labute approximate surface area is 79.3 Å². The molecule has 1 aliphatic rings. The molecule has 1 fully saturated rings. The second kappa shape index (κ2) is 3.38. The average Bonchev–Trinajstić information content (AvgIpc) is 2.28. The molecule has 9 heavy (non-hydrogen) atoms. The lowest BCUT2D eigenvalue weighted by molar-refractivity contribution is 0.409. The molecule has 1 aliphatic carbocycles. The van der Waals surface area contributed by atoms with Crippen LogP contribution in [-0.2, 0) is 0 Å². The molecule has 54 valence electrons. The number of hydrogen-bond donors (Lipinski definition) is 0. The van der Waals surface area contributed by atoms with Crippen molar-refractivity contribution < 1.29 is 5.48 Å². The first kappa shape index (κ1) is 4.10. The molecular weight excluding hydrogens is 244 g/mol. The van der Waals surface area contributed by atoms with Crippen molar-refractivity contribution in [2.45, 2.75) is 25.7 Å². The van der Waals surface area contributed by atoms with Gasteiger partial charge in [0.1, 0.15) is 0 Å². The fourth-order valence-corrected chi connectivity index (χ4v) is 2.44. The van der Waals surface area contributed by atoms with Crippen molar-refractivity contribution in [3.8, 4) is 0 Å². The highest BCUT2D eigenvalue weighted by molar-refractivity contribution is 9.09. The van der Waals surface area contributed by atoms with E-state index < -0.39 is 16.0 Å². The van der Waals surface area contributed by atoms with Crippen LogP contribution in [0.4, 0.5) is 0 Å². The minimum Gasteiger partial charge on any atom is -0.0922 e. The molecular formula is C7H12Br2. The minimum atomic E-state index is -1.65. The second-order valence-electron chi connectivity index (χ2n) is 2.48. The summed E-state index contributed by atoms with van der Waals surface area (Å²) in [5.41, 5.74) is -0.931. The topological polar surface area (TPSA) is 0 Å². The summed E-state index contributed by atoms with van der Waals surface area (Å²) < 4.78 is 30.6. The van der Waals surface area contributed by atoms with Crippen molar-refractivity contribution in [1.82, 2.24) is 0 Å². The largest absolute Gasteiger partial charge is 0.0922 e. The van der Waals surface area contributed by atoms with Crippen molar-refractivity contribution in [2.75, 3.05) is 10.6 Å². The van der Waals surface area contributed by atoms with E-state index >= 15 is 0 Å². The minimum absolute atomic E-state index is 0.587. The van der Waals surface area contributed by atoms with Crippen LogP contribution in [0, 0.1) is 5.41 Å². The second-order valence-corrected chi connectivity index (χ2v) is 3.27. The van der Waals surface area contributed by atoms with Gasteiger partial charge in [-0.3, -0.25) is 0 Å². The van der Waals surface area contributed by atoms with E-state index in [1.807, 2.05) is 0 Å². The third-order valence-corrected chi connectivity index (χ3v) is 3.34. The molecule has 0 aromatic heterocycles. The Kier molecular flexibility index (Phi) is 1.54. The Balaban J connectivity index is 3.02. The number of rotatable bonds is 2. The zero-order valence-electron chi connectivity index (χ0n) is 9.08. The first-order valence-electron chi connectivity index (χ1n) is 5.09. The lowest BCUT2D eigenvalue weighted by Gasteiger charge is -2.22. The zero-order chi connectivity index (χ0) is 10.3. The van der Waals surface area contributed by atoms with E-state index in [0.29, 0.717) is 12.8 Å². The van der Waals surface area contributed by atoms with Gasteiger partial charge >= 0.3 is 0 Å². The van der Waals surface area contributed by atoms with Crippen LogP contribution in [0.25, 0.3) is 0 Å². The molecule has 1 saturated carbocycles. The molecule has 1 rings (SSSR count). The van der Waals surface area contributed by atoms with Gasteiger partial charge in [0.05, 0.1) is 0 Å². The van der Waals surface area contributed by atoms with E-state index in [0.717, 1.165) is 12.8 Å². The summed E-state index contributed by atoms with van der Waals surface area (Å²) in [4.78, 5) is 0. The fourth-order valence-electron chi connectivity index (χ4n) is 1.19. The van der Waals surface area contributed by atoms with E-state index in [1.165, 1.54) is 0 Å². The normalized spacial score (nSPS) is 34.4. The lowest BCUT2D eigenvalue weighted by Crippen LogP contribution is -2.19. The van der Waals surface area contributed by atoms with Gasteiger partial charge in [-0.25, -0.2) is 0 Å². The van der Waals surface area contributed by atoms with Crippen LogP contribution in [0.15, 0.2) is 0 Å². The van der Waals surface area contributed by atoms with Crippen molar-refractivity contribution in [2.24, 2.45) is 5.41 Å². The summed E-state index contributed by atoms with van der Waals surface area (Å²) in [6.07, 6.45) is 2.97. The molecule has 0 atom stereocenters. The fraction of sp³-hybridized carbons (Fsp3) is 1.00. The predicted octanol–water partition coefficient (Wildman–Crippen LogP) is 3.34. The summed E-state index contributed by atoms with van der Waals surface area (Å²) in [6, 6.07) is 0. The summed E-state index contributed by atoms with van der Waals surface area (Å²) >= 11 is 5.92. The number of hydrogen-bond acceptors (Lipinski definition) is 0. The van der Waals surface area contributed by atoms with Gasteiger partial charge in [-0.2, -0.15) is 0 Å². The monoisotopic (exact) mass is 258 g/mol. The highest BCUT2D eigenvalue weighted by Gasteiger charge is 2.31. The molecule has 0 N–H and O–H groups in total. The van der Waals surface area contributed by atoms with Gasteiger partial charge in [0, 0.05) is 16.0 Å². The molecule has 0 aliphatic heterocycles. The van der Waals surface area contributed by atoms with Crippen LogP contribution in [-0.4, -0.2) is 10.6 Å². The van der Waals surface area contributed by atoms with Gasteiger partial charge in [0.15, 0.2) is 0 Å².